The summed E-state index contributed by atoms with van der Waals surface area (Å²) in [5.41, 5.74) is 1.14. The minimum Gasteiger partial charge on any atom is -0.444 e. The molecular weight excluding hydrogens is 344 g/mol. The maximum absolute atomic E-state index is 12.8. The van der Waals surface area contributed by atoms with E-state index < -0.39 is 17.7 Å². The van der Waals surface area contributed by atoms with Gasteiger partial charge in [-0.15, -0.1) is 0 Å². The Morgan fingerprint density at radius 3 is 2.44 bits per heavy atom. The molecule has 2 amide bonds. The molecule has 7 nitrogen and oxygen atoms in total. The van der Waals surface area contributed by atoms with Crippen LogP contribution in [0.1, 0.15) is 59.8 Å². The van der Waals surface area contributed by atoms with Gasteiger partial charge in [0.2, 0.25) is 5.91 Å². The maximum Gasteiger partial charge on any atom is 0.408 e. The van der Waals surface area contributed by atoms with Crippen molar-refractivity contribution in [1.82, 2.24) is 20.6 Å². The minimum absolute atomic E-state index is 0.0413. The molecule has 3 unspecified atom stereocenters. The van der Waals surface area contributed by atoms with Crippen molar-refractivity contribution in [2.75, 3.05) is 0 Å². The lowest BCUT2D eigenvalue weighted by Gasteiger charge is -2.27. The minimum atomic E-state index is -0.684. The van der Waals surface area contributed by atoms with E-state index in [0.717, 1.165) is 17.5 Å². The fourth-order valence-corrected chi connectivity index (χ4v) is 2.69. The van der Waals surface area contributed by atoms with E-state index in [-0.39, 0.29) is 17.9 Å². The van der Waals surface area contributed by atoms with Gasteiger partial charge in [0.05, 0.1) is 17.1 Å². The van der Waals surface area contributed by atoms with Crippen LogP contribution >= 0.6 is 0 Å². The van der Waals surface area contributed by atoms with Crippen molar-refractivity contribution in [3.63, 3.8) is 0 Å². The second-order valence-corrected chi connectivity index (χ2v) is 7.88. The Balaban J connectivity index is 2.08. The smallest absolute Gasteiger partial charge is 0.408 e. The van der Waals surface area contributed by atoms with Crippen molar-refractivity contribution in [3.05, 3.63) is 30.1 Å². The number of carbonyl (C=O) groups excluding carboxylic acids is 2. The van der Waals surface area contributed by atoms with Crippen LogP contribution in [0.3, 0.4) is 0 Å². The molecule has 0 bridgehead atoms. The Hall–Kier alpha value is -2.57. The van der Waals surface area contributed by atoms with Crippen LogP contribution < -0.4 is 10.6 Å². The van der Waals surface area contributed by atoms with Gasteiger partial charge in [0.1, 0.15) is 17.5 Å². The third kappa shape index (κ3) is 5.70. The standard InChI is InChI=1S/C20H30N4O3/c1-7-12(2)16(24-19(26)27-20(4,5)6)18(25)21-13(3)17-22-14-10-8-9-11-15(14)23-17/h8-13,16H,7H2,1-6H3,(H,21,25)(H,22,23)(H,24,26). The molecule has 3 atom stereocenters. The lowest BCUT2D eigenvalue weighted by atomic mass is 9.98. The number of para-hydroxylation sites is 2. The second kappa shape index (κ2) is 8.41. The normalized spacial score (nSPS) is 15.0. The monoisotopic (exact) mass is 374 g/mol. The number of ether oxygens (including phenoxy) is 1. The molecule has 0 aliphatic rings. The molecular formula is C20H30N4O3. The molecule has 27 heavy (non-hydrogen) atoms. The van der Waals surface area contributed by atoms with Crippen LogP contribution in [0.2, 0.25) is 0 Å². The number of aromatic nitrogens is 2. The van der Waals surface area contributed by atoms with Crippen LogP contribution in [-0.4, -0.2) is 33.6 Å². The van der Waals surface area contributed by atoms with Crippen molar-refractivity contribution in [2.45, 2.75) is 65.6 Å². The number of H-pyrrole nitrogens is 1. The van der Waals surface area contributed by atoms with Crippen LogP contribution in [0.15, 0.2) is 24.3 Å². The summed E-state index contributed by atoms with van der Waals surface area (Å²) in [5, 5.41) is 5.64. The molecule has 2 rings (SSSR count). The zero-order valence-electron chi connectivity index (χ0n) is 16.9. The molecule has 7 heteroatoms. The molecule has 0 aliphatic heterocycles. The summed E-state index contributed by atoms with van der Waals surface area (Å²) in [6.07, 6.45) is 0.145. The number of benzene rings is 1. The lowest BCUT2D eigenvalue weighted by Crippen LogP contribution is -2.51. The van der Waals surface area contributed by atoms with Gasteiger partial charge in [-0.1, -0.05) is 32.4 Å². The van der Waals surface area contributed by atoms with Gasteiger partial charge in [-0.3, -0.25) is 4.79 Å². The Kier molecular flexibility index (Phi) is 6.46. The van der Waals surface area contributed by atoms with Crippen molar-refractivity contribution < 1.29 is 14.3 Å². The summed E-state index contributed by atoms with van der Waals surface area (Å²) in [7, 11) is 0. The Bertz CT molecular complexity index is 761. The molecule has 0 saturated heterocycles. The van der Waals surface area contributed by atoms with E-state index in [1.165, 1.54) is 0 Å². The van der Waals surface area contributed by atoms with Crippen molar-refractivity contribution in [2.24, 2.45) is 5.92 Å². The fraction of sp³-hybridized carbons (Fsp3) is 0.550. The van der Waals surface area contributed by atoms with Gasteiger partial charge < -0.3 is 20.4 Å². The van der Waals surface area contributed by atoms with Crippen LogP contribution in [0.25, 0.3) is 11.0 Å². The number of amides is 2. The summed E-state index contributed by atoms with van der Waals surface area (Å²) in [6, 6.07) is 6.69. The predicted molar refractivity (Wildman–Crippen MR) is 105 cm³/mol. The number of alkyl carbamates (subject to hydrolysis) is 1. The maximum atomic E-state index is 12.8. The summed E-state index contributed by atoms with van der Waals surface area (Å²) in [6.45, 7) is 11.1. The predicted octanol–water partition coefficient (Wildman–Crippen LogP) is 3.68. The van der Waals surface area contributed by atoms with Gasteiger partial charge in [-0.05, 0) is 45.7 Å². The molecule has 0 radical (unpaired) electrons. The van der Waals surface area contributed by atoms with Crippen LogP contribution in [0.5, 0.6) is 0 Å². The van der Waals surface area contributed by atoms with Gasteiger partial charge in [-0.2, -0.15) is 0 Å². The van der Waals surface area contributed by atoms with Gasteiger partial charge in [0.25, 0.3) is 0 Å². The van der Waals surface area contributed by atoms with Crippen molar-refractivity contribution >= 4 is 23.0 Å². The van der Waals surface area contributed by atoms with Gasteiger partial charge in [0.15, 0.2) is 0 Å². The van der Waals surface area contributed by atoms with E-state index in [4.69, 9.17) is 4.74 Å². The van der Waals surface area contributed by atoms with Crippen LogP contribution in [-0.2, 0) is 9.53 Å². The molecule has 0 fully saturated rings. The van der Waals surface area contributed by atoms with E-state index in [1.807, 2.05) is 45.0 Å². The number of nitrogens with one attached hydrogen (secondary N) is 3. The molecule has 148 valence electrons. The first-order valence-electron chi connectivity index (χ1n) is 9.35. The van der Waals surface area contributed by atoms with Crippen molar-refractivity contribution in [3.8, 4) is 0 Å². The van der Waals surface area contributed by atoms with E-state index in [0.29, 0.717) is 5.82 Å². The molecule has 1 heterocycles. The molecule has 3 N–H and O–H groups in total. The summed E-state index contributed by atoms with van der Waals surface area (Å²) in [4.78, 5) is 32.7. The second-order valence-electron chi connectivity index (χ2n) is 7.88. The number of carbonyl (C=O) groups is 2. The summed E-state index contributed by atoms with van der Waals surface area (Å²) in [5.74, 6) is 0.369. The highest BCUT2D eigenvalue weighted by Crippen LogP contribution is 2.17. The van der Waals surface area contributed by atoms with Gasteiger partial charge in [0, 0.05) is 0 Å². The Labute approximate surface area is 160 Å². The van der Waals surface area contributed by atoms with Crippen LogP contribution in [0.4, 0.5) is 4.79 Å². The first kappa shape index (κ1) is 20.7. The topological polar surface area (TPSA) is 96.1 Å². The van der Waals surface area contributed by atoms with Crippen molar-refractivity contribution in [1.29, 1.82) is 0 Å². The number of imidazole rings is 1. The highest BCUT2D eigenvalue weighted by Gasteiger charge is 2.29. The number of fused-ring (bicyclic) bond motifs is 1. The summed E-state index contributed by atoms with van der Waals surface area (Å²) < 4.78 is 5.29. The molecule has 0 spiro atoms. The highest BCUT2D eigenvalue weighted by molar-refractivity contribution is 5.86. The molecule has 2 aromatic rings. The van der Waals surface area contributed by atoms with E-state index >= 15 is 0 Å². The molecule has 0 aliphatic carbocycles. The largest absolute Gasteiger partial charge is 0.444 e. The number of nitrogens with zero attached hydrogens (tertiary/aromatic N) is 1. The molecule has 1 aromatic heterocycles. The Morgan fingerprint density at radius 1 is 1.19 bits per heavy atom. The van der Waals surface area contributed by atoms with E-state index in [1.54, 1.807) is 20.8 Å². The number of hydrogen-bond donors (Lipinski definition) is 3. The fourth-order valence-electron chi connectivity index (χ4n) is 2.69. The number of hydrogen-bond acceptors (Lipinski definition) is 4. The average molecular weight is 374 g/mol. The number of aromatic amines is 1. The molecule has 1 aromatic carbocycles. The third-order valence-corrected chi connectivity index (χ3v) is 4.34. The zero-order chi connectivity index (χ0) is 20.2. The first-order chi connectivity index (χ1) is 12.6. The van der Waals surface area contributed by atoms with E-state index in [9.17, 15) is 9.59 Å². The van der Waals surface area contributed by atoms with Crippen LogP contribution in [0, 0.1) is 5.92 Å². The first-order valence-corrected chi connectivity index (χ1v) is 9.35. The Morgan fingerprint density at radius 2 is 1.85 bits per heavy atom. The van der Waals surface area contributed by atoms with Gasteiger partial charge in [-0.25, -0.2) is 9.78 Å². The highest BCUT2D eigenvalue weighted by atomic mass is 16.6. The van der Waals surface area contributed by atoms with Gasteiger partial charge >= 0.3 is 6.09 Å². The van der Waals surface area contributed by atoms with E-state index in [2.05, 4.69) is 20.6 Å². The number of rotatable bonds is 6. The molecule has 0 saturated carbocycles. The lowest BCUT2D eigenvalue weighted by molar-refractivity contribution is -0.125. The quantitative estimate of drug-likeness (QED) is 0.718. The SMILES string of the molecule is CCC(C)C(NC(=O)OC(C)(C)C)C(=O)NC(C)c1nc2ccccc2[nH]1. The summed E-state index contributed by atoms with van der Waals surface area (Å²) >= 11 is 0. The zero-order valence-corrected chi connectivity index (χ0v) is 16.9. The average Bonchev–Trinajstić information content (AvgIpc) is 3.01. The third-order valence-electron chi connectivity index (χ3n) is 4.34.